The minimum atomic E-state index is -0.581. The molecule has 0 saturated heterocycles. The van der Waals surface area contributed by atoms with Crippen LogP contribution in [0.25, 0.3) is 0 Å². The minimum absolute atomic E-state index is 0.458. The van der Waals surface area contributed by atoms with Gasteiger partial charge in [-0.1, -0.05) is 0 Å². The first-order chi connectivity index (χ1) is 7.83. The summed E-state index contributed by atoms with van der Waals surface area (Å²) in [7, 11) is 3.32. The Balaban J connectivity index is 4.77. The Bertz CT molecular complexity index is 247. The van der Waals surface area contributed by atoms with Crippen LogP contribution < -0.4 is 0 Å². The average Bonchev–Trinajstić information content (AvgIpc) is 2.26. The predicted molar refractivity (Wildman–Crippen MR) is 77.7 cm³/mol. The number of hydrogen-bond acceptors (Lipinski definition) is 4. The molecule has 0 aliphatic carbocycles. The van der Waals surface area contributed by atoms with Crippen molar-refractivity contribution >= 4 is 16.1 Å². The first kappa shape index (κ1) is 18.0. The third-order valence-electron chi connectivity index (χ3n) is 4.38. The van der Waals surface area contributed by atoms with E-state index >= 15 is 0 Å². The number of hydrogen-bond donors (Lipinski definition) is 0. The van der Waals surface area contributed by atoms with E-state index in [1.54, 1.807) is 16.1 Å². The standard InChI is InChI=1S/C12H28B2O4/c1-9(2,15-13)11(5,6)17-18-12(7,8)10(3,4)16-14/h13-14H2,1-8H3. The molecule has 0 bridgehead atoms. The molecule has 0 aliphatic rings. The maximum Gasteiger partial charge on any atom is 0.258 e. The third kappa shape index (κ3) is 3.73. The van der Waals surface area contributed by atoms with Gasteiger partial charge in [0.2, 0.25) is 0 Å². The summed E-state index contributed by atoms with van der Waals surface area (Å²) >= 11 is 0. The maximum absolute atomic E-state index is 5.63. The number of rotatable bonds is 7. The largest absolute Gasteiger partial charge is 0.436 e. The van der Waals surface area contributed by atoms with Gasteiger partial charge in [0.25, 0.3) is 16.1 Å². The Labute approximate surface area is 114 Å². The molecular weight excluding hydrogens is 230 g/mol. The monoisotopic (exact) mass is 258 g/mol. The molecule has 0 aromatic rings. The fraction of sp³-hybridized carbons (Fsp3) is 1.00. The summed E-state index contributed by atoms with van der Waals surface area (Å²) in [6.07, 6.45) is 0. The Hall–Kier alpha value is -0.0301. The van der Waals surface area contributed by atoms with Crippen LogP contribution in [0, 0.1) is 0 Å². The second-order valence-corrected chi connectivity index (χ2v) is 6.62. The Morgan fingerprint density at radius 1 is 0.500 bits per heavy atom. The zero-order valence-electron chi connectivity index (χ0n) is 13.6. The van der Waals surface area contributed by atoms with Crippen molar-refractivity contribution in [3.8, 4) is 0 Å². The van der Waals surface area contributed by atoms with E-state index in [0.717, 1.165) is 0 Å². The van der Waals surface area contributed by atoms with Crippen molar-refractivity contribution in [2.75, 3.05) is 0 Å². The summed E-state index contributed by atoms with van der Waals surface area (Å²) in [6, 6.07) is 0. The van der Waals surface area contributed by atoms with Gasteiger partial charge >= 0.3 is 0 Å². The van der Waals surface area contributed by atoms with Gasteiger partial charge in [-0.25, -0.2) is 9.78 Å². The van der Waals surface area contributed by atoms with Gasteiger partial charge < -0.3 is 9.31 Å². The molecule has 6 heteroatoms. The molecule has 0 radical (unpaired) electrons. The topological polar surface area (TPSA) is 36.9 Å². The van der Waals surface area contributed by atoms with Gasteiger partial charge in [-0.3, -0.25) is 0 Å². The lowest BCUT2D eigenvalue weighted by Gasteiger charge is -2.44. The summed E-state index contributed by atoms with van der Waals surface area (Å²) < 4.78 is 10.9. The highest BCUT2D eigenvalue weighted by atomic mass is 17.2. The summed E-state index contributed by atoms with van der Waals surface area (Å²) in [6.45, 7) is 15.6. The lowest BCUT2D eigenvalue weighted by Crippen LogP contribution is -2.54. The van der Waals surface area contributed by atoms with Crippen molar-refractivity contribution in [1.29, 1.82) is 0 Å². The van der Waals surface area contributed by atoms with Crippen LogP contribution in [0.1, 0.15) is 55.4 Å². The molecular formula is C12H28B2O4. The third-order valence-corrected chi connectivity index (χ3v) is 4.38. The molecule has 0 aromatic heterocycles. The first-order valence-corrected chi connectivity index (χ1v) is 6.30. The summed E-state index contributed by atoms with van der Waals surface area (Å²) in [5, 5.41) is 0. The Morgan fingerprint density at radius 3 is 0.889 bits per heavy atom. The molecule has 0 N–H and O–H groups in total. The van der Waals surface area contributed by atoms with E-state index < -0.39 is 22.4 Å². The van der Waals surface area contributed by atoms with E-state index in [9.17, 15) is 0 Å². The summed E-state index contributed by atoms with van der Waals surface area (Å²) in [4.78, 5) is 11.3. The summed E-state index contributed by atoms with van der Waals surface area (Å²) in [5.41, 5.74) is -2.08. The molecule has 0 aliphatic heterocycles. The highest BCUT2D eigenvalue weighted by Crippen LogP contribution is 2.34. The van der Waals surface area contributed by atoms with Gasteiger partial charge in [0.1, 0.15) is 11.2 Å². The lowest BCUT2D eigenvalue weighted by molar-refractivity contribution is -0.436. The van der Waals surface area contributed by atoms with Gasteiger partial charge in [0, 0.05) is 0 Å². The molecule has 4 nitrogen and oxygen atoms in total. The van der Waals surface area contributed by atoms with Crippen LogP contribution >= 0.6 is 0 Å². The maximum atomic E-state index is 5.63. The van der Waals surface area contributed by atoms with Crippen molar-refractivity contribution in [3.05, 3.63) is 0 Å². The predicted octanol–water partition coefficient (Wildman–Crippen LogP) is 1.18. The normalized spacial score (nSPS) is 14.9. The highest BCUT2D eigenvalue weighted by molar-refractivity contribution is 5.98. The Morgan fingerprint density at radius 2 is 0.722 bits per heavy atom. The van der Waals surface area contributed by atoms with Crippen LogP contribution in [0.15, 0.2) is 0 Å². The molecule has 0 aromatic carbocycles. The van der Waals surface area contributed by atoms with Crippen molar-refractivity contribution < 1.29 is 19.1 Å². The van der Waals surface area contributed by atoms with E-state index in [0.29, 0.717) is 0 Å². The van der Waals surface area contributed by atoms with Gasteiger partial charge in [-0.2, -0.15) is 0 Å². The van der Waals surface area contributed by atoms with Crippen LogP contribution in [0.5, 0.6) is 0 Å². The quantitative estimate of drug-likeness (QED) is 0.390. The van der Waals surface area contributed by atoms with Crippen LogP contribution in [-0.4, -0.2) is 38.5 Å². The summed E-state index contributed by atoms with van der Waals surface area (Å²) in [5.74, 6) is 0. The van der Waals surface area contributed by atoms with Gasteiger partial charge in [-0.05, 0) is 55.4 Å². The van der Waals surface area contributed by atoms with Crippen molar-refractivity contribution in [1.82, 2.24) is 0 Å². The van der Waals surface area contributed by atoms with Crippen molar-refractivity contribution in [2.24, 2.45) is 0 Å². The average molecular weight is 258 g/mol. The van der Waals surface area contributed by atoms with Crippen molar-refractivity contribution in [3.63, 3.8) is 0 Å². The van der Waals surface area contributed by atoms with E-state index in [2.05, 4.69) is 0 Å². The zero-order valence-corrected chi connectivity index (χ0v) is 13.6. The van der Waals surface area contributed by atoms with E-state index in [1.807, 2.05) is 55.4 Å². The minimum Gasteiger partial charge on any atom is -0.436 e. The van der Waals surface area contributed by atoms with Gasteiger partial charge in [0.15, 0.2) is 0 Å². The van der Waals surface area contributed by atoms with E-state index in [4.69, 9.17) is 19.1 Å². The zero-order chi connectivity index (χ0) is 14.8. The molecule has 0 spiro atoms. The van der Waals surface area contributed by atoms with Crippen LogP contribution in [-0.2, 0) is 19.1 Å². The molecule has 18 heavy (non-hydrogen) atoms. The fourth-order valence-electron chi connectivity index (χ4n) is 0.901. The van der Waals surface area contributed by atoms with Gasteiger partial charge in [0.05, 0.1) is 11.2 Å². The fourth-order valence-corrected chi connectivity index (χ4v) is 0.901. The first-order valence-electron chi connectivity index (χ1n) is 6.30. The Kier molecular flexibility index (Phi) is 5.52. The molecule has 0 saturated carbocycles. The smallest absolute Gasteiger partial charge is 0.258 e. The van der Waals surface area contributed by atoms with Crippen LogP contribution in [0.4, 0.5) is 0 Å². The van der Waals surface area contributed by atoms with Gasteiger partial charge in [-0.15, -0.1) is 0 Å². The molecule has 0 atom stereocenters. The SMILES string of the molecule is BOC(C)(C)C(C)(C)OOC(C)(C)C(C)(C)OB. The molecule has 106 valence electrons. The molecule has 0 unspecified atom stereocenters. The van der Waals surface area contributed by atoms with E-state index in [1.165, 1.54) is 0 Å². The highest BCUT2D eigenvalue weighted by Gasteiger charge is 2.44. The van der Waals surface area contributed by atoms with Crippen molar-refractivity contribution in [2.45, 2.75) is 77.8 Å². The van der Waals surface area contributed by atoms with E-state index in [-0.39, 0.29) is 0 Å². The molecule has 0 amide bonds. The second kappa shape index (κ2) is 5.53. The molecule has 0 fully saturated rings. The molecule has 0 heterocycles. The molecule has 0 rings (SSSR count). The lowest BCUT2D eigenvalue weighted by atomic mass is 9.88. The second-order valence-electron chi connectivity index (χ2n) is 6.62. The van der Waals surface area contributed by atoms with Crippen LogP contribution in [0.3, 0.4) is 0 Å². The van der Waals surface area contributed by atoms with Crippen LogP contribution in [0.2, 0.25) is 0 Å².